The van der Waals surface area contributed by atoms with Crippen molar-refractivity contribution >= 4 is 0 Å². The van der Waals surface area contributed by atoms with E-state index in [1.54, 1.807) is 0 Å². The Labute approximate surface area is 181 Å². The molecule has 0 saturated carbocycles. The molecule has 0 radical (unpaired) electrons. The van der Waals surface area contributed by atoms with Crippen LogP contribution < -0.4 is 9.47 Å². The molecule has 0 saturated heterocycles. The fourth-order valence-corrected chi connectivity index (χ4v) is 4.05. The number of likely N-dealkylation sites (N-methyl/N-ethyl adjacent to an activating group) is 2. The minimum atomic E-state index is 0.209. The standard InChI is InChI=1S/C25H36N2O3/c1-5-26(6-2)11-13-29-21-9-10-22-19(16-21)15-20-17-25(24(28)18-23(20)22)30-14-12-27(7-3)8-4/h9-10,16-18,28H,5-8,11-15H2,1-4H3. The average Bonchev–Trinajstić information content (AvgIpc) is 3.10. The van der Waals surface area contributed by atoms with Crippen molar-refractivity contribution < 1.29 is 14.6 Å². The molecular weight excluding hydrogens is 376 g/mol. The number of aromatic hydroxyl groups is 1. The van der Waals surface area contributed by atoms with Gasteiger partial charge in [-0.1, -0.05) is 33.8 Å². The second-order valence-electron chi connectivity index (χ2n) is 7.72. The third-order valence-corrected chi connectivity index (χ3v) is 6.06. The van der Waals surface area contributed by atoms with Crippen LogP contribution in [-0.4, -0.2) is 67.4 Å². The van der Waals surface area contributed by atoms with Crippen LogP contribution in [0.5, 0.6) is 17.2 Å². The first-order valence-corrected chi connectivity index (χ1v) is 11.3. The lowest BCUT2D eigenvalue weighted by atomic mass is 10.1. The Bertz CT molecular complexity index is 829. The summed E-state index contributed by atoms with van der Waals surface area (Å²) in [6, 6.07) is 10.1. The first-order chi connectivity index (χ1) is 14.6. The van der Waals surface area contributed by atoms with Crippen LogP contribution in [0.3, 0.4) is 0 Å². The van der Waals surface area contributed by atoms with Gasteiger partial charge in [0.15, 0.2) is 11.5 Å². The number of ether oxygens (including phenoxy) is 2. The van der Waals surface area contributed by atoms with Crippen molar-refractivity contribution in [3.63, 3.8) is 0 Å². The van der Waals surface area contributed by atoms with E-state index < -0.39 is 0 Å². The van der Waals surface area contributed by atoms with E-state index in [0.29, 0.717) is 19.0 Å². The highest BCUT2D eigenvalue weighted by Crippen LogP contribution is 2.43. The summed E-state index contributed by atoms with van der Waals surface area (Å²) in [4.78, 5) is 4.66. The highest BCUT2D eigenvalue weighted by Gasteiger charge is 2.22. The molecule has 0 spiro atoms. The SMILES string of the molecule is CCN(CC)CCOc1ccc2c(c1)Cc1cc(OCCN(CC)CC)c(O)cc1-2. The Morgan fingerprint density at radius 3 is 2.00 bits per heavy atom. The first kappa shape index (κ1) is 22.4. The van der Waals surface area contributed by atoms with Crippen LogP contribution in [0.2, 0.25) is 0 Å². The van der Waals surface area contributed by atoms with Crippen molar-refractivity contribution in [2.45, 2.75) is 34.1 Å². The molecule has 0 fully saturated rings. The molecule has 5 heteroatoms. The van der Waals surface area contributed by atoms with Crippen LogP contribution in [0.25, 0.3) is 11.1 Å². The van der Waals surface area contributed by atoms with E-state index in [4.69, 9.17) is 9.47 Å². The third kappa shape index (κ3) is 5.27. The van der Waals surface area contributed by atoms with E-state index in [9.17, 15) is 5.11 Å². The Morgan fingerprint density at radius 1 is 0.767 bits per heavy atom. The molecule has 0 aromatic heterocycles. The van der Waals surface area contributed by atoms with Crippen LogP contribution in [0.1, 0.15) is 38.8 Å². The lowest BCUT2D eigenvalue weighted by molar-refractivity contribution is 0.218. The molecule has 30 heavy (non-hydrogen) atoms. The van der Waals surface area contributed by atoms with Gasteiger partial charge in [-0.2, -0.15) is 0 Å². The number of hydrogen-bond acceptors (Lipinski definition) is 5. The molecule has 164 valence electrons. The Kier molecular flexibility index (Phi) is 8.00. The summed E-state index contributed by atoms with van der Waals surface area (Å²) >= 11 is 0. The highest BCUT2D eigenvalue weighted by atomic mass is 16.5. The molecule has 0 aliphatic heterocycles. The molecular formula is C25H36N2O3. The van der Waals surface area contributed by atoms with Gasteiger partial charge in [0.05, 0.1) is 0 Å². The summed E-state index contributed by atoms with van der Waals surface area (Å²) in [5, 5.41) is 10.5. The zero-order valence-electron chi connectivity index (χ0n) is 18.9. The number of fused-ring (bicyclic) bond motifs is 3. The molecule has 3 rings (SSSR count). The zero-order chi connectivity index (χ0) is 21.5. The molecule has 2 aromatic carbocycles. The second kappa shape index (κ2) is 10.7. The monoisotopic (exact) mass is 412 g/mol. The van der Waals surface area contributed by atoms with E-state index >= 15 is 0 Å². The van der Waals surface area contributed by atoms with Crippen LogP contribution in [0, 0.1) is 0 Å². The number of phenols is 1. The molecule has 1 aliphatic rings. The Balaban J connectivity index is 1.64. The molecule has 1 aliphatic carbocycles. The summed E-state index contributed by atoms with van der Waals surface area (Å²) in [5.74, 6) is 1.69. The molecule has 0 bridgehead atoms. The van der Waals surface area contributed by atoms with Gasteiger partial charge in [0, 0.05) is 13.1 Å². The maximum absolute atomic E-state index is 10.5. The Hall–Kier alpha value is -2.24. The van der Waals surface area contributed by atoms with Crippen LogP contribution in [-0.2, 0) is 6.42 Å². The molecule has 0 unspecified atom stereocenters. The van der Waals surface area contributed by atoms with Gasteiger partial charge in [-0.3, -0.25) is 0 Å². The van der Waals surface area contributed by atoms with E-state index in [1.165, 1.54) is 16.7 Å². The van der Waals surface area contributed by atoms with E-state index in [-0.39, 0.29) is 5.75 Å². The Morgan fingerprint density at radius 2 is 1.37 bits per heavy atom. The number of hydrogen-bond donors (Lipinski definition) is 1. The van der Waals surface area contributed by atoms with Crippen molar-refractivity contribution in [2.75, 3.05) is 52.5 Å². The predicted octanol–water partition coefficient (Wildman–Crippen LogP) is 4.40. The van der Waals surface area contributed by atoms with Crippen LogP contribution in [0.4, 0.5) is 0 Å². The maximum Gasteiger partial charge on any atom is 0.161 e. The van der Waals surface area contributed by atoms with Crippen LogP contribution >= 0.6 is 0 Å². The molecule has 0 amide bonds. The molecule has 5 nitrogen and oxygen atoms in total. The van der Waals surface area contributed by atoms with Gasteiger partial charge in [-0.15, -0.1) is 0 Å². The van der Waals surface area contributed by atoms with Gasteiger partial charge in [-0.05, 0) is 79.1 Å². The van der Waals surface area contributed by atoms with E-state index in [1.807, 2.05) is 18.2 Å². The molecule has 0 heterocycles. The second-order valence-corrected chi connectivity index (χ2v) is 7.72. The fraction of sp³-hybridized carbons (Fsp3) is 0.520. The molecule has 2 aromatic rings. The summed E-state index contributed by atoms with van der Waals surface area (Å²) in [7, 11) is 0. The van der Waals surface area contributed by atoms with E-state index in [2.05, 4.69) is 49.6 Å². The van der Waals surface area contributed by atoms with Gasteiger partial charge in [0.2, 0.25) is 0 Å². The van der Waals surface area contributed by atoms with Gasteiger partial charge in [-0.25, -0.2) is 0 Å². The number of nitrogens with zero attached hydrogens (tertiary/aromatic N) is 2. The van der Waals surface area contributed by atoms with Crippen molar-refractivity contribution in [3.05, 3.63) is 41.5 Å². The van der Waals surface area contributed by atoms with Crippen LogP contribution in [0.15, 0.2) is 30.3 Å². The minimum Gasteiger partial charge on any atom is -0.504 e. The average molecular weight is 413 g/mol. The largest absolute Gasteiger partial charge is 0.504 e. The lowest BCUT2D eigenvalue weighted by Gasteiger charge is -2.18. The topological polar surface area (TPSA) is 45.2 Å². The van der Waals surface area contributed by atoms with Crippen molar-refractivity contribution in [1.29, 1.82) is 0 Å². The third-order valence-electron chi connectivity index (χ3n) is 6.06. The smallest absolute Gasteiger partial charge is 0.161 e. The van der Waals surface area contributed by atoms with Gasteiger partial charge >= 0.3 is 0 Å². The normalized spacial score (nSPS) is 12.3. The minimum absolute atomic E-state index is 0.209. The van der Waals surface area contributed by atoms with Gasteiger partial charge in [0.1, 0.15) is 19.0 Å². The maximum atomic E-state index is 10.5. The predicted molar refractivity (Wildman–Crippen MR) is 123 cm³/mol. The van der Waals surface area contributed by atoms with Gasteiger partial charge < -0.3 is 24.4 Å². The first-order valence-electron chi connectivity index (χ1n) is 11.3. The fourth-order valence-electron chi connectivity index (χ4n) is 4.05. The lowest BCUT2D eigenvalue weighted by Crippen LogP contribution is -2.27. The summed E-state index contributed by atoms with van der Waals surface area (Å²) < 4.78 is 11.9. The van der Waals surface area contributed by atoms with Crippen molar-refractivity contribution in [3.8, 4) is 28.4 Å². The zero-order valence-corrected chi connectivity index (χ0v) is 18.9. The quantitative estimate of drug-likeness (QED) is 0.478. The highest BCUT2D eigenvalue weighted by molar-refractivity contribution is 5.79. The van der Waals surface area contributed by atoms with Gasteiger partial charge in [0.25, 0.3) is 0 Å². The summed E-state index contributed by atoms with van der Waals surface area (Å²) in [5.41, 5.74) is 4.70. The number of benzene rings is 2. The number of rotatable bonds is 12. The van der Waals surface area contributed by atoms with Crippen molar-refractivity contribution in [2.24, 2.45) is 0 Å². The van der Waals surface area contributed by atoms with Crippen molar-refractivity contribution in [1.82, 2.24) is 9.80 Å². The number of phenolic OH excluding ortho intramolecular Hbond substituents is 1. The molecule has 1 N–H and O–H groups in total. The van der Waals surface area contributed by atoms with E-state index in [0.717, 1.165) is 57.0 Å². The summed E-state index contributed by atoms with van der Waals surface area (Å²) in [6.07, 6.45) is 0.838. The summed E-state index contributed by atoms with van der Waals surface area (Å²) in [6.45, 7) is 15.8. The molecule has 0 atom stereocenters.